The highest BCUT2D eigenvalue weighted by molar-refractivity contribution is 9.10. The van der Waals surface area contributed by atoms with Crippen molar-refractivity contribution in [3.05, 3.63) is 78.3 Å². The van der Waals surface area contributed by atoms with Gasteiger partial charge in [-0.15, -0.1) is 0 Å². The number of aryl methyl sites for hydroxylation is 2. The van der Waals surface area contributed by atoms with Crippen molar-refractivity contribution in [1.29, 1.82) is 10.5 Å². The van der Waals surface area contributed by atoms with Gasteiger partial charge in [0, 0.05) is 20.8 Å². The van der Waals surface area contributed by atoms with Crippen LogP contribution >= 0.6 is 39.5 Å². The van der Waals surface area contributed by atoms with Gasteiger partial charge in [0.15, 0.2) is 0 Å². The number of carbonyl (C=O) groups excluding carboxylic acids is 1. The van der Waals surface area contributed by atoms with Gasteiger partial charge in [0.05, 0.1) is 40.3 Å². The van der Waals surface area contributed by atoms with Crippen LogP contribution in [-0.4, -0.2) is 23.3 Å². The minimum Gasteiger partial charge on any atom is -0.463 e. The molecule has 1 aliphatic rings. The maximum Gasteiger partial charge on any atom is 0.335 e. The number of nitrogens with zero attached hydrogens (tertiary/aromatic N) is 3. The number of ether oxygens (including phenoxy) is 1. The number of allylic oxidation sites excluding steroid dienone is 1. The molecule has 0 aliphatic carbocycles. The molecule has 168 valence electrons. The maximum atomic E-state index is 13.2. The Morgan fingerprint density at radius 2 is 2.03 bits per heavy atom. The van der Waals surface area contributed by atoms with E-state index in [-0.39, 0.29) is 6.61 Å². The second-order valence-corrected chi connectivity index (χ2v) is 10.1. The molecule has 0 saturated heterocycles. The molecule has 1 aliphatic heterocycles. The number of halogens is 1. The lowest BCUT2D eigenvalue weighted by atomic mass is 9.84. The quantitative estimate of drug-likeness (QED) is 0.379. The van der Waals surface area contributed by atoms with E-state index in [0.717, 1.165) is 21.3 Å². The second kappa shape index (κ2) is 10.9. The number of thioether (sulfide) groups is 2. The van der Waals surface area contributed by atoms with E-state index < -0.39 is 11.9 Å². The molecule has 1 atom stereocenters. The number of carbonyl (C=O) groups is 1. The minimum absolute atomic E-state index is 0.203. The molecule has 9 heteroatoms. The van der Waals surface area contributed by atoms with Crippen LogP contribution in [0, 0.1) is 36.5 Å². The van der Waals surface area contributed by atoms with Gasteiger partial charge in [-0.3, -0.25) is 0 Å². The largest absolute Gasteiger partial charge is 0.463 e. The summed E-state index contributed by atoms with van der Waals surface area (Å²) in [7, 11) is 0. The third kappa shape index (κ3) is 5.27. The van der Waals surface area contributed by atoms with Crippen LogP contribution in [-0.2, 0) is 9.53 Å². The van der Waals surface area contributed by atoms with Gasteiger partial charge >= 0.3 is 5.97 Å². The van der Waals surface area contributed by atoms with E-state index in [4.69, 9.17) is 10.5 Å². The summed E-state index contributed by atoms with van der Waals surface area (Å²) in [6.45, 7) is 5.69. The zero-order valence-electron chi connectivity index (χ0n) is 18.3. The van der Waals surface area contributed by atoms with Crippen molar-refractivity contribution >= 4 is 45.4 Å². The standard InChI is InChI=1S/C24H21BrN4O2S2/c1-4-31-24(30)21-19(12-32-23-16(10-26)13(2)9-14(3)29-23)33-22(28)17(11-27)20(21)15-7-5-6-8-18(15)25/h5-9,20H,4,12,28H2,1-3H3/t20-/m1/s1. The Bertz CT molecular complexity index is 1260. The molecule has 6 nitrogen and oxygen atoms in total. The molecule has 0 saturated carbocycles. The van der Waals surface area contributed by atoms with Crippen LogP contribution in [0.1, 0.15) is 35.2 Å². The van der Waals surface area contributed by atoms with E-state index in [1.165, 1.54) is 23.5 Å². The highest BCUT2D eigenvalue weighted by Crippen LogP contribution is 2.48. The number of nitriles is 2. The molecular formula is C24H21BrN4O2S2. The van der Waals surface area contributed by atoms with E-state index in [0.29, 0.717) is 37.4 Å². The minimum atomic E-state index is -0.663. The predicted octanol–water partition coefficient (Wildman–Crippen LogP) is 5.47. The monoisotopic (exact) mass is 540 g/mol. The number of hydrogen-bond donors (Lipinski definition) is 1. The summed E-state index contributed by atoms with van der Waals surface area (Å²) in [4.78, 5) is 18.4. The first kappa shape index (κ1) is 24.9. The van der Waals surface area contributed by atoms with Crippen LogP contribution in [0.5, 0.6) is 0 Å². The molecule has 33 heavy (non-hydrogen) atoms. The third-order valence-electron chi connectivity index (χ3n) is 4.97. The number of benzene rings is 1. The molecule has 3 rings (SSSR count). The summed E-state index contributed by atoms with van der Waals surface area (Å²) in [5, 5.41) is 20.4. The highest BCUT2D eigenvalue weighted by Gasteiger charge is 2.37. The smallest absolute Gasteiger partial charge is 0.335 e. The molecule has 0 spiro atoms. The van der Waals surface area contributed by atoms with Gasteiger partial charge in [0.1, 0.15) is 11.1 Å². The summed E-state index contributed by atoms with van der Waals surface area (Å²) >= 11 is 6.11. The number of hydrogen-bond acceptors (Lipinski definition) is 8. The van der Waals surface area contributed by atoms with Gasteiger partial charge in [-0.2, -0.15) is 10.5 Å². The van der Waals surface area contributed by atoms with Crippen LogP contribution in [0.3, 0.4) is 0 Å². The van der Waals surface area contributed by atoms with Crippen LogP contribution in [0.25, 0.3) is 0 Å². The Morgan fingerprint density at radius 1 is 1.30 bits per heavy atom. The molecule has 1 aromatic heterocycles. The fraction of sp³-hybridized carbons (Fsp3) is 0.250. The van der Waals surface area contributed by atoms with Crippen LogP contribution in [0.2, 0.25) is 0 Å². The summed E-state index contributed by atoms with van der Waals surface area (Å²) in [5.41, 5.74) is 9.92. The van der Waals surface area contributed by atoms with E-state index in [1.54, 1.807) is 6.92 Å². The molecule has 0 fully saturated rings. The molecule has 2 heterocycles. The maximum absolute atomic E-state index is 13.2. The van der Waals surface area contributed by atoms with Crippen molar-refractivity contribution in [2.45, 2.75) is 31.7 Å². The lowest BCUT2D eigenvalue weighted by Gasteiger charge is -2.28. The topological polar surface area (TPSA) is 113 Å². The van der Waals surface area contributed by atoms with Crippen molar-refractivity contribution in [2.24, 2.45) is 5.73 Å². The Morgan fingerprint density at radius 3 is 2.67 bits per heavy atom. The van der Waals surface area contributed by atoms with Crippen molar-refractivity contribution in [3.63, 3.8) is 0 Å². The SMILES string of the molecule is CCOC(=O)C1=C(CSc2nc(C)cc(C)c2C#N)SC(N)=C(C#N)[C@H]1c1ccccc1Br. The van der Waals surface area contributed by atoms with Gasteiger partial charge in [0.25, 0.3) is 0 Å². The van der Waals surface area contributed by atoms with E-state index in [2.05, 4.69) is 33.1 Å². The first-order valence-electron chi connectivity index (χ1n) is 10.1. The number of nitrogens with two attached hydrogens (primary N) is 1. The van der Waals surface area contributed by atoms with Crippen molar-refractivity contribution in [3.8, 4) is 12.1 Å². The van der Waals surface area contributed by atoms with Crippen molar-refractivity contribution in [2.75, 3.05) is 12.4 Å². The fourth-order valence-electron chi connectivity index (χ4n) is 3.55. The number of esters is 1. The van der Waals surface area contributed by atoms with Gasteiger partial charge in [-0.25, -0.2) is 9.78 Å². The molecule has 2 N–H and O–H groups in total. The second-order valence-electron chi connectivity index (χ2n) is 7.16. The van der Waals surface area contributed by atoms with Gasteiger partial charge in [-0.1, -0.05) is 57.7 Å². The lowest BCUT2D eigenvalue weighted by Crippen LogP contribution is -2.23. The van der Waals surface area contributed by atoms with Crippen LogP contribution in [0.4, 0.5) is 0 Å². The van der Waals surface area contributed by atoms with Crippen molar-refractivity contribution < 1.29 is 9.53 Å². The first-order valence-corrected chi connectivity index (χ1v) is 12.6. The van der Waals surface area contributed by atoms with Gasteiger partial charge in [-0.05, 0) is 44.0 Å². The van der Waals surface area contributed by atoms with E-state index in [1.807, 2.05) is 44.2 Å². The van der Waals surface area contributed by atoms with Crippen LogP contribution < -0.4 is 5.73 Å². The Labute approximate surface area is 210 Å². The highest BCUT2D eigenvalue weighted by atomic mass is 79.9. The Balaban J connectivity index is 2.14. The molecular weight excluding hydrogens is 520 g/mol. The zero-order chi connectivity index (χ0) is 24.1. The molecule has 0 bridgehead atoms. The average molecular weight is 541 g/mol. The summed E-state index contributed by atoms with van der Waals surface area (Å²) in [5.74, 6) is -0.802. The zero-order valence-corrected chi connectivity index (χ0v) is 21.5. The fourth-order valence-corrected chi connectivity index (χ4v) is 6.31. The Hall–Kier alpha value is -2.72. The normalized spacial score (nSPS) is 15.8. The average Bonchev–Trinajstić information content (AvgIpc) is 2.77. The van der Waals surface area contributed by atoms with Gasteiger partial charge in [0.2, 0.25) is 0 Å². The van der Waals surface area contributed by atoms with Gasteiger partial charge < -0.3 is 10.5 Å². The Kier molecular flexibility index (Phi) is 8.25. The van der Waals surface area contributed by atoms with E-state index in [9.17, 15) is 15.3 Å². The first-order chi connectivity index (χ1) is 15.8. The molecule has 0 unspecified atom stereocenters. The molecule has 0 radical (unpaired) electrons. The number of rotatable bonds is 6. The summed E-state index contributed by atoms with van der Waals surface area (Å²) < 4.78 is 6.15. The molecule has 0 amide bonds. The molecule has 2 aromatic rings. The third-order valence-corrected chi connectivity index (χ3v) is 7.93. The van der Waals surface area contributed by atoms with E-state index >= 15 is 0 Å². The lowest BCUT2D eigenvalue weighted by molar-refractivity contribution is -0.138. The number of pyridine rings is 1. The summed E-state index contributed by atoms with van der Waals surface area (Å²) in [6, 6.07) is 13.7. The summed E-state index contributed by atoms with van der Waals surface area (Å²) in [6.07, 6.45) is 0. The number of aromatic nitrogens is 1. The van der Waals surface area contributed by atoms with Crippen LogP contribution in [0.15, 0.2) is 60.9 Å². The van der Waals surface area contributed by atoms with Crippen molar-refractivity contribution in [1.82, 2.24) is 4.98 Å². The molecule has 1 aromatic carbocycles. The predicted molar refractivity (Wildman–Crippen MR) is 134 cm³/mol.